The lowest BCUT2D eigenvalue weighted by atomic mass is 9.93. The van der Waals surface area contributed by atoms with Gasteiger partial charge in [-0.2, -0.15) is 0 Å². The van der Waals surface area contributed by atoms with Crippen LogP contribution in [0, 0.1) is 5.41 Å². The lowest BCUT2D eigenvalue weighted by Gasteiger charge is -2.27. The number of fused-ring (bicyclic) bond motifs is 1. The van der Waals surface area contributed by atoms with Crippen molar-refractivity contribution < 1.29 is 17.9 Å². The number of hydrogen-bond donors (Lipinski definition) is 1. The van der Waals surface area contributed by atoms with E-state index >= 15 is 0 Å². The minimum atomic E-state index is -3.36. The van der Waals surface area contributed by atoms with Crippen molar-refractivity contribution in [3.8, 4) is 5.75 Å². The van der Waals surface area contributed by atoms with Gasteiger partial charge in [0.2, 0.25) is 15.9 Å². The quantitative estimate of drug-likeness (QED) is 0.828. The maximum absolute atomic E-state index is 12.8. The average Bonchev–Trinajstić information content (AvgIpc) is 3.35. The van der Waals surface area contributed by atoms with Gasteiger partial charge in [-0.05, 0) is 44.9 Å². The van der Waals surface area contributed by atoms with Crippen LogP contribution in [0.3, 0.4) is 0 Å². The van der Waals surface area contributed by atoms with Crippen molar-refractivity contribution >= 4 is 27.3 Å². The Balaban J connectivity index is 1.98. The van der Waals surface area contributed by atoms with Gasteiger partial charge in [-0.25, -0.2) is 8.42 Å². The molecule has 1 aliphatic heterocycles. The van der Waals surface area contributed by atoms with Gasteiger partial charge in [0.1, 0.15) is 12.4 Å². The number of nitrogens with zero attached hydrogens (tertiary/aromatic N) is 1. The first-order chi connectivity index (χ1) is 11.2. The molecule has 1 aromatic carbocycles. The number of anilines is 2. The lowest BCUT2D eigenvalue weighted by Crippen LogP contribution is -2.42. The fraction of sp³-hybridized carbons (Fsp3) is 0.471. The fourth-order valence-electron chi connectivity index (χ4n) is 2.64. The minimum Gasteiger partial charge on any atom is -0.490 e. The molecule has 1 fully saturated rings. The zero-order valence-electron chi connectivity index (χ0n) is 13.9. The Morgan fingerprint density at radius 1 is 1.42 bits per heavy atom. The highest BCUT2D eigenvalue weighted by Gasteiger charge is 2.38. The Morgan fingerprint density at radius 2 is 2.12 bits per heavy atom. The molecule has 0 bridgehead atoms. The standard InChI is InChI=1S/C17H22N2O4S/c1-4-9-19-14-10-12(18-24(21,22)13-6-7-13)5-8-15(14)23-11-17(2,3)16(19)20/h4-5,8,10,13,18H,1,6-7,9,11H2,2-3H3. The fourth-order valence-corrected chi connectivity index (χ4v) is 4.02. The third-order valence-corrected chi connectivity index (χ3v) is 6.07. The van der Waals surface area contributed by atoms with E-state index in [1.165, 1.54) is 0 Å². The Bertz CT molecular complexity index is 782. The minimum absolute atomic E-state index is 0.0802. The first kappa shape index (κ1) is 16.8. The van der Waals surface area contributed by atoms with E-state index in [4.69, 9.17) is 4.74 Å². The van der Waals surface area contributed by atoms with Crippen LogP contribution in [-0.4, -0.2) is 32.7 Å². The van der Waals surface area contributed by atoms with Gasteiger partial charge in [0, 0.05) is 6.54 Å². The molecular weight excluding hydrogens is 328 g/mol. The molecule has 3 rings (SSSR count). The van der Waals surface area contributed by atoms with E-state index in [0.717, 1.165) is 0 Å². The molecule has 0 atom stereocenters. The highest BCUT2D eigenvalue weighted by atomic mass is 32.2. The van der Waals surface area contributed by atoms with Gasteiger partial charge < -0.3 is 9.64 Å². The molecule has 7 heteroatoms. The zero-order chi connectivity index (χ0) is 17.5. The number of rotatable bonds is 5. The summed E-state index contributed by atoms with van der Waals surface area (Å²) < 4.78 is 32.7. The first-order valence-corrected chi connectivity index (χ1v) is 9.50. The van der Waals surface area contributed by atoms with Gasteiger partial charge in [-0.15, -0.1) is 6.58 Å². The second-order valence-corrected chi connectivity index (χ2v) is 8.87. The van der Waals surface area contributed by atoms with Gasteiger partial charge >= 0.3 is 0 Å². The second kappa shape index (κ2) is 5.81. The first-order valence-electron chi connectivity index (χ1n) is 7.96. The van der Waals surface area contributed by atoms with Crippen molar-refractivity contribution in [2.45, 2.75) is 31.9 Å². The topological polar surface area (TPSA) is 75.7 Å². The zero-order valence-corrected chi connectivity index (χ0v) is 14.7. The van der Waals surface area contributed by atoms with Crippen LogP contribution >= 0.6 is 0 Å². The van der Waals surface area contributed by atoms with Crippen LogP contribution in [0.15, 0.2) is 30.9 Å². The highest BCUT2D eigenvalue weighted by molar-refractivity contribution is 7.93. The van der Waals surface area contributed by atoms with Crippen LogP contribution in [0.25, 0.3) is 0 Å². The number of carbonyl (C=O) groups is 1. The van der Waals surface area contributed by atoms with Crippen LogP contribution < -0.4 is 14.4 Å². The molecule has 1 amide bonds. The van der Waals surface area contributed by atoms with E-state index < -0.39 is 15.4 Å². The maximum Gasteiger partial charge on any atom is 0.236 e. The Labute approximate surface area is 142 Å². The summed E-state index contributed by atoms with van der Waals surface area (Å²) in [5.41, 5.74) is 0.322. The predicted molar refractivity (Wildman–Crippen MR) is 93.8 cm³/mol. The molecule has 130 valence electrons. The van der Waals surface area contributed by atoms with Crippen LogP contribution in [0.4, 0.5) is 11.4 Å². The molecule has 0 aromatic heterocycles. The van der Waals surface area contributed by atoms with E-state index in [9.17, 15) is 13.2 Å². The van der Waals surface area contributed by atoms with Crippen molar-refractivity contribution in [1.82, 2.24) is 0 Å². The van der Waals surface area contributed by atoms with Crippen molar-refractivity contribution in [3.05, 3.63) is 30.9 Å². The number of benzene rings is 1. The number of ether oxygens (including phenoxy) is 1. The highest BCUT2D eigenvalue weighted by Crippen LogP contribution is 2.39. The van der Waals surface area contributed by atoms with Crippen molar-refractivity contribution in [3.63, 3.8) is 0 Å². The summed E-state index contributed by atoms with van der Waals surface area (Å²) in [4.78, 5) is 14.4. The molecule has 1 aromatic rings. The summed E-state index contributed by atoms with van der Waals surface area (Å²) in [6.07, 6.45) is 3.03. The smallest absolute Gasteiger partial charge is 0.236 e. The molecule has 0 saturated heterocycles. The summed E-state index contributed by atoms with van der Waals surface area (Å²) in [5.74, 6) is 0.480. The molecule has 1 saturated carbocycles. The molecule has 0 radical (unpaired) electrons. The number of sulfonamides is 1. The molecule has 0 spiro atoms. The van der Waals surface area contributed by atoms with Crippen LogP contribution in [0.5, 0.6) is 5.75 Å². The number of hydrogen-bond acceptors (Lipinski definition) is 4. The van der Waals surface area contributed by atoms with E-state index in [2.05, 4.69) is 11.3 Å². The van der Waals surface area contributed by atoms with Crippen molar-refractivity contribution in [2.24, 2.45) is 5.41 Å². The van der Waals surface area contributed by atoms with Crippen LogP contribution in [0.1, 0.15) is 26.7 Å². The Morgan fingerprint density at radius 3 is 2.75 bits per heavy atom. The second-order valence-electron chi connectivity index (χ2n) is 6.91. The van der Waals surface area contributed by atoms with Crippen molar-refractivity contribution in [2.75, 3.05) is 22.8 Å². The average molecular weight is 350 g/mol. The van der Waals surface area contributed by atoms with E-state index in [1.807, 2.05) is 13.8 Å². The van der Waals surface area contributed by atoms with E-state index in [0.29, 0.717) is 36.5 Å². The van der Waals surface area contributed by atoms with Gasteiger partial charge in [-0.1, -0.05) is 6.08 Å². The summed E-state index contributed by atoms with van der Waals surface area (Å²) in [7, 11) is -3.36. The molecular formula is C17H22N2O4S. The third kappa shape index (κ3) is 3.13. The van der Waals surface area contributed by atoms with Crippen molar-refractivity contribution in [1.29, 1.82) is 0 Å². The van der Waals surface area contributed by atoms with Gasteiger partial charge in [0.15, 0.2) is 0 Å². The molecule has 1 N–H and O–H groups in total. The summed E-state index contributed by atoms with van der Waals surface area (Å²) in [6.45, 7) is 7.96. The molecule has 1 aliphatic carbocycles. The molecule has 6 nitrogen and oxygen atoms in total. The predicted octanol–water partition coefficient (Wildman–Crippen LogP) is 2.53. The molecule has 0 unspecified atom stereocenters. The number of amides is 1. The largest absolute Gasteiger partial charge is 0.490 e. The van der Waals surface area contributed by atoms with Gasteiger partial charge in [-0.3, -0.25) is 9.52 Å². The maximum atomic E-state index is 12.8. The number of nitrogens with one attached hydrogen (secondary N) is 1. The monoisotopic (exact) mass is 350 g/mol. The summed E-state index contributed by atoms with van der Waals surface area (Å²) >= 11 is 0. The Hall–Kier alpha value is -2.02. The van der Waals surface area contributed by atoms with E-state index in [-0.39, 0.29) is 17.8 Å². The SMILES string of the molecule is C=CCN1C(=O)C(C)(C)COc2ccc(NS(=O)(=O)C3CC3)cc21. The van der Waals surface area contributed by atoms with Gasteiger partial charge in [0.05, 0.1) is 22.0 Å². The summed E-state index contributed by atoms with van der Waals surface area (Å²) in [6, 6.07) is 5.01. The lowest BCUT2D eigenvalue weighted by molar-refractivity contribution is -0.127. The Kier molecular flexibility index (Phi) is 4.07. The molecule has 2 aliphatic rings. The number of carbonyl (C=O) groups excluding carboxylic acids is 1. The normalized spacial score (nSPS) is 19.9. The molecule has 24 heavy (non-hydrogen) atoms. The summed E-state index contributed by atoms with van der Waals surface area (Å²) in [5, 5.41) is -0.308. The van der Waals surface area contributed by atoms with Gasteiger partial charge in [0.25, 0.3) is 0 Å². The van der Waals surface area contributed by atoms with E-state index in [1.54, 1.807) is 29.2 Å². The van der Waals surface area contributed by atoms with Crippen LogP contribution in [-0.2, 0) is 14.8 Å². The van der Waals surface area contributed by atoms with Crippen LogP contribution in [0.2, 0.25) is 0 Å². The molecule has 1 heterocycles. The third-order valence-electron chi connectivity index (χ3n) is 4.20.